The van der Waals surface area contributed by atoms with E-state index in [1.165, 1.54) is 12.3 Å². The third-order valence-corrected chi connectivity index (χ3v) is 4.88. The summed E-state index contributed by atoms with van der Waals surface area (Å²) >= 11 is 3.16. The van der Waals surface area contributed by atoms with Gasteiger partial charge in [0.25, 0.3) is 0 Å². The minimum atomic E-state index is -3.72. The van der Waals surface area contributed by atoms with Gasteiger partial charge in [0.15, 0.2) is 0 Å². The standard InChI is InChI=1S/C12H17BrN4O3S/c13-8-6-10(12(14)15-7-8)21(19,20)16-5-1-2-11(18)17-9-3-4-9/h6-7,9,16H,1-5H2,(H2,14,15)(H,17,18). The second-order valence-corrected chi connectivity index (χ2v) is 7.53. The summed E-state index contributed by atoms with van der Waals surface area (Å²) in [7, 11) is -3.72. The molecule has 21 heavy (non-hydrogen) atoms. The van der Waals surface area contributed by atoms with Gasteiger partial charge in [-0.2, -0.15) is 0 Å². The van der Waals surface area contributed by atoms with Gasteiger partial charge in [-0.1, -0.05) is 0 Å². The lowest BCUT2D eigenvalue weighted by Crippen LogP contribution is -2.29. The number of nitrogen functional groups attached to an aromatic ring is 1. The van der Waals surface area contributed by atoms with E-state index < -0.39 is 10.0 Å². The molecule has 1 aromatic heterocycles. The van der Waals surface area contributed by atoms with Gasteiger partial charge in [0.1, 0.15) is 10.7 Å². The molecule has 1 aliphatic carbocycles. The predicted molar refractivity (Wildman–Crippen MR) is 81.9 cm³/mol. The number of carbonyl (C=O) groups is 1. The molecule has 0 unspecified atom stereocenters. The van der Waals surface area contributed by atoms with Gasteiger partial charge in [-0.25, -0.2) is 18.1 Å². The topological polar surface area (TPSA) is 114 Å². The van der Waals surface area contributed by atoms with Gasteiger partial charge < -0.3 is 11.1 Å². The number of carbonyl (C=O) groups excluding carboxylic acids is 1. The van der Waals surface area contributed by atoms with Crippen molar-refractivity contribution in [1.29, 1.82) is 0 Å². The number of aromatic nitrogens is 1. The third kappa shape index (κ3) is 4.94. The van der Waals surface area contributed by atoms with Gasteiger partial charge in [0, 0.05) is 29.7 Å². The summed E-state index contributed by atoms with van der Waals surface area (Å²) in [6.07, 6.45) is 4.22. The first-order valence-electron chi connectivity index (χ1n) is 6.58. The van der Waals surface area contributed by atoms with E-state index in [1.54, 1.807) is 0 Å². The number of nitrogens with two attached hydrogens (primary N) is 1. The first kappa shape index (κ1) is 16.2. The van der Waals surface area contributed by atoms with Crippen molar-refractivity contribution < 1.29 is 13.2 Å². The van der Waals surface area contributed by atoms with Crippen LogP contribution in [0.1, 0.15) is 25.7 Å². The molecular formula is C12H17BrN4O3S. The zero-order chi connectivity index (χ0) is 15.5. The van der Waals surface area contributed by atoms with Crippen LogP contribution in [0.15, 0.2) is 21.6 Å². The maximum absolute atomic E-state index is 12.1. The molecule has 1 fully saturated rings. The lowest BCUT2D eigenvalue weighted by molar-refractivity contribution is -0.121. The van der Waals surface area contributed by atoms with Gasteiger partial charge in [-0.05, 0) is 41.3 Å². The first-order chi connectivity index (χ1) is 9.88. The number of hydrogen-bond acceptors (Lipinski definition) is 5. The second kappa shape index (κ2) is 6.71. The SMILES string of the molecule is Nc1ncc(Br)cc1S(=O)(=O)NCCCC(=O)NC1CC1. The van der Waals surface area contributed by atoms with Crippen LogP contribution in [0.2, 0.25) is 0 Å². The van der Waals surface area contributed by atoms with Crippen molar-refractivity contribution >= 4 is 37.7 Å². The van der Waals surface area contributed by atoms with Crippen molar-refractivity contribution in [2.24, 2.45) is 0 Å². The van der Waals surface area contributed by atoms with Crippen LogP contribution >= 0.6 is 15.9 Å². The Labute approximate surface area is 131 Å². The molecule has 0 aromatic carbocycles. The van der Waals surface area contributed by atoms with Crippen LogP contribution in [0.3, 0.4) is 0 Å². The minimum Gasteiger partial charge on any atom is -0.383 e. The lowest BCUT2D eigenvalue weighted by atomic mass is 10.3. The Morgan fingerprint density at radius 2 is 2.19 bits per heavy atom. The van der Waals surface area contributed by atoms with E-state index in [4.69, 9.17) is 5.73 Å². The summed E-state index contributed by atoms with van der Waals surface area (Å²) in [6.45, 7) is 0.173. The zero-order valence-corrected chi connectivity index (χ0v) is 13.7. The Morgan fingerprint density at radius 3 is 2.86 bits per heavy atom. The van der Waals surface area contributed by atoms with E-state index in [9.17, 15) is 13.2 Å². The quantitative estimate of drug-likeness (QED) is 0.607. The fraction of sp³-hybridized carbons (Fsp3) is 0.500. The average Bonchev–Trinajstić information content (AvgIpc) is 3.21. The summed E-state index contributed by atoms with van der Waals surface area (Å²) in [5, 5.41) is 2.85. The Hall–Kier alpha value is -1.19. The highest BCUT2D eigenvalue weighted by Gasteiger charge is 2.23. The highest BCUT2D eigenvalue weighted by Crippen LogP contribution is 2.20. The molecule has 0 radical (unpaired) electrons. The van der Waals surface area contributed by atoms with Crippen molar-refractivity contribution in [3.05, 3.63) is 16.7 Å². The fourth-order valence-corrected chi connectivity index (χ4v) is 3.37. The van der Waals surface area contributed by atoms with E-state index in [-0.39, 0.29) is 23.2 Å². The molecule has 9 heteroatoms. The number of halogens is 1. The summed E-state index contributed by atoms with van der Waals surface area (Å²) in [5.74, 6) is -0.0995. The number of anilines is 1. The number of rotatable bonds is 7. The molecule has 0 aliphatic heterocycles. The van der Waals surface area contributed by atoms with Crippen molar-refractivity contribution in [2.45, 2.75) is 36.6 Å². The van der Waals surface area contributed by atoms with Crippen molar-refractivity contribution in [1.82, 2.24) is 15.0 Å². The van der Waals surface area contributed by atoms with E-state index >= 15 is 0 Å². The molecule has 1 heterocycles. The molecule has 0 atom stereocenters. The molecule has 0 bridgehead atoms. The van der Waals surface area contributed by atoms with Crippen molar-refractivity contribution in [3.8, 4) is 0 Å². The van der Waals surface area contributed by atoms with Crippen LogP contribution in [0, 0.1) is 0 Å². The molecule has 116 valence electrons. The normalized spacial score (nSPS) is 14.9. The second-order valence-electron chi connectivity index (χ2n) is 4.88. The molecular weight excluding hydrogens is 360 g/mol. The summed E-state index contributed by atoms with van der Waals surface area (Å²) in [6, 6.07) is 1.71. The van der Waals surface area contributed by atoms with Gasteiger partial charge >= 0.3 is 0 Å². The van der Waals surface area contributed by atoms with Crippen LogP contribution in [0.5, 0.6) is 0 Å². The van der Waals surface area contributed by atoms with Gasteiger partial charge in [-0.3, -0.25) is 4.79 Å². The Bertz CT molecular complexity index is 631. The summed E-state index contributed by atoms with van der Waals surface area (Å²) in [4.78, 5) is 15.2. The Morgan fingerprint density at radius 1 is 1.48 bits per heavy atom. The van der Waals surface area contributed by atoms with E-state index in [1.807, 2.05) is 0 Å². The smallest absolute Gasteiger partial charge is 0.244 e. The van der Waals surface area contributed by atoms with Crippen LogP contribution in [-0.4, -0.2) is 31.9 Å². The van der Waals surface area contributed by atoms with E-state index in [0.717, 1.165) is 12.8 Å². The highest BCUT2D eigenvalue weighted by atomic mass is 79.9. The largest absolute Gasteiger partial charge is 0.383 e. The van der Waals surface area contributed by atoms with Gasteiger partial charge in [-0.15, -0.1) is 0 Å². The summed E-state index contributed by atoms with van der Waals surface area (Å²) < 4.78 is 27.1. The maximum atomic E-state index is 12.1. The number of hydrogen-bond donors (Lipinski definition) is 3. The fourth-order valence-electron chi connectivity index (χ4n) is 1.71. The van der Waals surface area contributed by atoms with Crippen molar-refractivity contribution in [3.63, 3.8) is 0 Å². The molecule has 1 aliphatic rings. The van der Waals surface area contributed by atoms with Crippen LogP contribution in [-0.2, 0) is 14.8 Å². The van der Waals surface area contributed by atoms with E-state index in [0.29, 0.717) is 23.4 Å². The van der Waals surface area contributed by atoms with Crippen molar-refractivity contribution in [2.75, 3.05) is 12.3 Å². The number of nitrogens with zero attached hydrogens (tertiary/aromatic N) is 1. The number of amides is 1. The molecule has 1 saturated carbocycles. The zero-order valence-electron chi connectivity index (χ0n) is 11.3. The Kier molecular flexibility index (Phi) is 5.17. The molecule has 1 aromatic rings. The number of nitrogens with one attached hydrogen (secondary N) is 2. The van der Waals surface area contributed by atoms with Gasteiger partial charge in [0.05, 0.1) is 0 Å². The minimum absolute atomic E-state index is 0.0414. The number of sulfonamides is 1. The summed E-state index contributed by atoms with van der Waals surface area (Å²) in [5.41, 5.74) is 5.57. The third-order valence-electron chi connectivity index (χ3n) is 2.95. The Balaban J connectivity index is 1.83. The average molecular weight is 377 g/mol. The number of pyridine rings is 1. The molecule has 0 saturated heterocycles. The van der Waals surface area contributed by atoms with Crippen LogP contribution in [0.4, 0.5) is 5.82 Å². The van der Waals surface area contributed by atoms with Crippen LogP contribution in [0.25, 0.3) is 0 Å². The van der Waals surface area contributed by atoms with E-state index in [2.05, 4.69) is 31.0 Å². The molecule has 1 amide bonds. The van der Waals surface area contributed by atoms with Gasteiger partial charge in [0.2, 0.25) is 15.9 Å². The first-order valence-corrected chi connectivity index (χ1v) is 8.86. The monoisotopic (exact) mass is 376 g/mol. The molecule has 7 nitrogen and oxygen atoms in total. The molecule has 0 spiro atoms. The maximum Gasteiger partial charge on any atom is 0.244 e. The molecule has 4 N–H and O–H groups in total. The van der Waals surface area contributed by atoms with Crippen LogP contribution < -0.4 is 15.8 Å². The molecule has 2 rings (SSSR count). The lowest BCUT2D eigenvalue weighted by Gasteiger charge is -2.09. The predicted octanol–water partition coefficient (Wildman–Crippen LogP) is 0.763. The highest BCUT2D eigenvalue weighted by molar-refractivity contribution is 9.10.